The number of rotatable bonds is 1. The Morgan fingerprint density at radius 2 is 2.08 bits per heavy atom. The second-order valence-corrected chi connectivity index (χ2v) is 3.43. The first-order valence-corrected chi connectivity index (χ1v) is 4.32. The summed E-state index contributed by atoms with van der Waals surface area (Å²) in [5, 5.41) is 0. The molecule has 13 heavy (non-hydrogen) atoms. The Morgan fingerprint density at radius 1 is 1.38 bits per heavy atom. The van der Waals surface area contributed by atoms with Crippen LogP contribution in [0.4, 0.5) is 5.69 Å². The molecule has 1 atom stereocenters. The highest BCUT2D eigenvalue weighted by molar-refractivity contribution is 5.56. The number of hydrogen-bond donors (Lipinski definition) is 0. The van der Waals surface area contributed by atoms with Gasteiger partial charge in [-0.1, -0.05) is 17.7 Å². The van der Waals surface area contributed by atoms with Gasteiger partial charge in [-0.2, -0.15) is 0 Å². The Labute approximate surface area is 78.0 Å². The fourth-order valence-corrected chi connectivity index (χ4v) is 1.52. The fraction of sp³-hybridized carbons (Fsp3) is 0.364. The molecule has 0 spiro atoms. The topological polar surface area (TPSA) is 16.9 Å². The quantitative estimate of drug-likeness (QED) is 0.471. The molecule has 0 radical (unpaired) electrons. The van der Waals surface area contributed by atoms with E-state index in [-0.39, 0.29) is 0 Å². The van der Waals surface area contributed by atoms with Crippen molar-refractivity contribution < 1.29 is 4.74 Å². The highest BCUT2D eigenvalue weighted by Gasteiger charge is 2.26. The van der Waals surface area contributed by atoms with Gasteiger partial charge in [0.25, 0.3) is 0 Å². The van der Waals surface area contributed by atoms with Gasteiger partial charge >= 0.3 is 0 Å². The second kappa shape index (κ2) is 2.86. The predicted molar refractivity (Wildman–Crippen MR) is 50.9 cm³/mol. The molecular formula is C11H11NO. The smallest absolute Gasteiger partial charge is 0.190 e. The van der Waals surface area contributed by atoms with Gasteiger partial charge in [-0.3, -0.25) is 0 Å². The first-order chi connectivity index (χ1) is 6.22. The lowest BCUT2D eigenvalue weighted by Crippen LogP contribution is -1.88. The van der Waals surface area contributed by atoms with Gasteiger partial charge in [-0.25, -0.2) is 4.85 Å². The van der Waals surface area contributed by atoms with Crippen LogP contribution in [0.2, 0.25) is 0 Å². The average Bonchev–Trinajstić information content (AvgIpc) is 2.91. The second-order valence-electron chi connectivity index (χ2n) is 3.43. The molecule has 1 aromatic carbocycles. The molecule has 0 aromatic heterocycles. The molecule has 0 aliphatic carbocycles. The van der Waals surface area contributed by atoms with Crippen LogP contribution < -0.4 is 0 Å². The van der Waals surface area contributed by atoms with Crippen molar-refractivity contribution in [2.75, 3.05) is 6.61 Å². The van der Waals surface area contributed by atoms with Crippen LogP contribution in [0.1, 0.15) is 22.8 Å². The van der Waals surface area contributed by atoms with E-state index in [1.54, 1.807) is 0 Å². The van der Waals surface area contributed by atoms with E-state index >= 15 is 0 Å². The van der Waals surface area contributed by atoms with E-state index in [0.717, 1.165) is 17.9 Å². The molecule has 1 saturated heterocycles. The summed E-state index contributed by atoms with van der Waals surface area (Å²) in [6, 6.07) is 4.01. The van der Waals surface area contributed by atoms with Gasteiger partial charge in [-0.05, 0) is 25.0 Å². The molecule has 2 heteroatoms. The van der Waals surface area contributed by atoms with Crippen LogP contribution in [0, 0.1) is 20.4 Å². The van der Waals surface area contributed by atoms with E-state index in [1.807, 2.05) is 19.9 Å². The van der Waals surface area contributed by atoms with Crippen LogP contribution in [0.25, 0.3) is 4.85 Å². The minimum atomic E-state index is 0.290. The Bertz CT molecular complexity index is 386. The van der Waals surface area contributed by atoms with E-state index in [4.69, 9.17) is 11.3 Å². The van der Waals surface area contributed by atoms with Gasteiger partial charge in [0.15, 0.2) is 5.69 Å². The van der Waals surface area contributed by atoms with Crippen molar-refractivity contribution >= 4 is 5.69 Å². The first kappa shape index (κ1) is 8.28. The van der Waals surface area contributed by atoms with Crippen molar-refractivity contribution in [3.63, 3.8) is 0 Å². The minimum absolute atomic E-state index is 0.290. The third-order valence-corrected chi connectivity index (χ3v) is 2.39. The summed E-state index contributed by atoms with van der Waals surface area (Å²) in [6.07, 6.45) is 0.290. The molecule has 1 aromatic rings. The standard InChI is InChI=1S/C11H11NO/c1-7-5-10(12-3)8(2)4-9(7)11-6-13-11/h4-5,11H,6H2,1-2H3. The lowest BCUT2D eigenvalue weighted by Gasteiger charge is -2.05. The van der Waals surface area contributed by atoms with E-state index in [0.29, 0.717) is 6.10 Å². The number of epoxide rings is 1. The zero-order valence-corrected chi connectivity index (χ0v) is 7.79. The van der Waals surface area contributed by atoms with Gasteiger partial charge in [0.1, 0.15) is 6.10 Å². The lowest BCUT2D eigenvalue weighted by atomic mass is 10.0. The maximum Gasteiger partial charge on any atom is 0.190 e. The first-order valence-electron chi connectivity index (χ1n) is 4.32. The molecule has 0 N–H and O–H groups in total. The van der Waals surface area contributed by atoms with Crippen molar-refractivity contribution in [1.29, 1.82) is 0 Å². The Balaban J connectivity index is 2.50. The zero-order chi connectivity index (χ0) is 9.42. The molecular weight excluding hydrogens is 162 g/mol. The van der Waals surface area contributed by atoms with Crippen molar-refractivity contribution in [2.24, 2.45) is 0 Å². The van der Waals surface area contributed by atoms with Crippen molar-refractivity contribution in [3.8, 4) is 0 Å². The number of ether oxygens (including phenoxy) is 1. The maximum atomic E-state index is 6.97. The third-order valence-electron chi connectivity index (χ3n) is 2.39. The van der Waals surface area contributed by atoms with Gasteiger partial charge in [0, 0.05) is 0 Å². The van der Waals surface area contributed by atoms with Gasteiger partial charge in [0.05, 0.1) is 13.2 Å². The SMILES string of the molecule is [C-]#[N+]c1cc(C)c(C2CO2)cc1C. The molecule has 1 aliphatic heterocycles. The molecule has 1 unspecified atom stereocenters. The normalized spacial score (nSPS) is 19.6. The lowest BCUT2D eigenvalue weighted by molar-refractivity contribution is 0.415. The van der Waals surface area contributed by atoms with Crippen LogP contribution in [0.3, 0.4) is 0 Å². The van der Waals surface area contributed by atoms with Crippen molar-refractivity contribution in [3.05, 3.63) is 40.2 Å². The minimum Gasteiger partial charge on any atom is -0.368 e. The highest BCUT2D eigenvalue weighted by Crippen LogP contribution is 2.35. The van der Waals surface area contributed by atoms with Crippen LogP contribution in [-0.4, -0.2) is 6.61 Å². The van der Waals surface area contributed by atoms with Crippen molar-refractivity contribution in [2.45, 2.75) is 20.0 Å². The van der Waals surface area contributed by atoms with Crippen LogP contribution in [0.15, 0.2) is 12.1 Å². The Kier molecular flexibility index (Phi) is 1.82. The molecule has 2 nitrogen and oxygen atoms in total. The van der Waals surface area contributed by atoms with E-state index in [1.165, 1.54) is 11.1 Å². The summed E-state index contributed by atoms with van der Waals surface area (Å²) >= 11 is 0. The van der Waals surface area contributed by atoms with E-state index in [2.05, 4.69) is 10.9 Å². The molecule has 1 heterocycles. The molecule has 1 aliphatic rings. The molecule has 0 bridgehead atoms. The third kappa shape index (κ3) is 1.43. The highest BCUT2D eigenvalue weighted by atomic mass is 16.6. The van der Waals surface area contributed by atoms with Crippen LogP contribution in [0.5, 0.6) is 0 Å². The summed E-state index contributed by atoms with van der Waals surface area (Å²) in [6.45, 7) is 11.8. The monoisotopic (exact) mass is 173 g/mol. The Morgan fingerprint density at radius 3 is 2.62 bits per heavy atom. The zero-order valence-electron chi connectivity index (χ0n) is 7.79. The molecule has 66 valence electrons. The summed E-state index contributed by atoms with van der Waals surface area (Å²) in [5.74, 6) is 0. The predicted octanol–water partition coefficient (Wildman–Crippen LogP) is 2.93. The number of aryl methyl sites for hydroxylation is 2. The van der Waals surface area contributed by atoms with Gasteiger partial charge in [-0.15, -0.1) is 0 Å². The summed E-state index contributed by atoms with van der Waals surface area (Å²) in [5.41, 5.74) is 4.21. The summed E-state index contributed by atoms with van der Waals surface area (Å²) in [7, 11) is 0. The fourth-order valence-electron chi connectivity index (χ4n) is 1.52. The molecule has 0 amide bonds. The number of benzene rings is 1. The largest absolute Gasteiger partial charge is 0.368 e. The van der Waals surface area contributed by atoms with Gasteiger partial charge in [0.2, 0.25) is 0 Å². The maximum absolute atomic E-state index is 6.97. The Hall–Kier alpha value is -1.33. The van der Waals surface area contributed by atoms with E-state index in [9.17, 15) is 0 Å². The number of nitrogens with zero attached hydrogens (tertiary/aromatic N) is 1. The molecule has 0 saturated carbocycles. The average molecular weight is 173 g/mol. The van der Waals surface area contributed by atoms with E-state index < -0.39 is 0 Å². The van der Waals surface area contributed by atoms with Crippen LogP contribution in [-0.2, 0) is 4.74 Å². The summed E-state index contributed by atoms with van der Waals surface area (Å²) < 4.78 is 5.23. The van der Waals surface area contributed by atoms with Crippen molar-refractivity contribution in [1.82, 2.24) is 0 Å². The molecule has 1 fully saturated rings. The summed E-state index contributed by atoms with van der Waals surface area (Å²) in [4.78, 5) is 3.46. The van der Waals surface area contributed by atoms with Gasteiger partial charge < -0.3 is 4.74 Å². The number of hydrogen-bond acceptors (Lipinski definition) is 1. The van der Waals surface area contributed by atoms with Crippen LogP contribution >= 0.6 is 0 Å². The molecule has 2 rings (SSSR count).